The van der Waals surface area contributed by atoms with Crippen LogP contribution in [0.4, 0.5) is 5.13 Å². The van der Waals surface area contributed by atoms with Crippen LogP contribution in [-0.2, 0) is 41.4 Å². The molecule has 0 spiro atoms. The van der Waals surface area contributed by atoms with Gasteiger partial charge in [-0.2, -0.15) is 0 Å². The van der Waals surface area contributed by atoms with Crippen LogP contribution in [0.5, 0.6) is 0 Å². The van der Waals surface area contributed by atoms with Gasteiger partial charge < -0.3 is 14.6 Å². The molecule has 172 valence electrons. The molecule has 0 radical (unpaired) electrons. The van der Waals surface area contributed by atoms with E-state index in [4.69, 9.17) is 4.74 Å². The Bertz CT molecular complexity index is 1270. The van der Waals surface area contributed by atoms with E-state index in [1.165, 1.54) is 34.7 Å². The molecule has 3 heterocycles. The monoisotopic (exact) mass is 480 g/mol. The molecule has 32 heavy (non-hydrogen) atoms. The average Bonchev–Trinajstić information content (AvgIpc) is 3.34. The Morgan fingerprint density at radius 2 is 1.94 bits per heavy atom. The number of carbonyl (C=O) groups excluding carboxylic acids is 2. The SMILES string of the molecule is CCCn1c(SCC(=O)Nc2nc(CC(=O)OCC)cs2)nc2c1c(=O)n(C)c(=O)n2C. The molecule has 3 aromatic heterocycles. The maximum Gasteiger partial charge on any atom is 0.332 e. The first-order valence-corrected chi connectivity index (χ1v) is 11.8. The van der Waals surface area contributed by atoms with Crippen molar-refractivity contribution in [2.45, 2.75) is 38.4 Å². The Balaban J connectivity index is 1.75. The van der Waals surface area contributed by atoms with Gasteiger partial charge in [0.15, 0.2) is 21.5 Å². The van der Waals surface area contributed by atoms with E-state index in [0.29, 0.717) is 34.7 Å². The Kier molecular flexibility index (Phi) is 7.51. The second kappa shape index (κ2) is 10.1. The van der Waals surface area contributed by atoms with Crippen molar-refractivity contribution in [3.8, 4) is 0 Å². The molecule has 1 amide bonds. The van der Waals surface area contributed by atoms with E-state index in [9.17, 15) is 19.2 Å². The fourth-order valence-electron chi connectivity index (χ4n) is 3.06. The highest BCUT2D eigenvalue weighted by atomic mass is 32.2. The molecule has 0 aromatic carbocycles. The molecule has 13 heteroatoms. The van der Waals surface area contributed by atoms with Gasteiger partial charge in [0.25, 0.3) is 5.56 Å². The minimum Gasteiger partial charge on any atom is -0.466 e. The number of thioether (sulfide) groups is 1. The van der Waals surface area contributed by atoms with Crippen LogP contribution in [-0.4, -0.2) is 47.9 Å². The zero-order valence-corrected chi connectivity index (χ0v) is 19.8. The summed E-state index contributed by atoms with van der Waals surface area (Å²) in [5, 5.41) is 5.26. The fraction of sp³-hybridized carbons (Fsp3) is 0.474. The number of hydrogen-bond donors (Lipinski definition) is 1. The second-order valence-electron chi connectivity index (χ2n) is 6.89. The molecule has 0 bridgehead atoms. The van der Waals surface area contributed by atoms with Crippen LogP contribution in [0.1, 0.15) is 26.0 Å². The molecule has 3 rings (SSSR count). The number of ether oxygens (including phenoxy) is 1. The molecule has 0 aliphatic heterocycles. The largest absolute Gasteiger partial charge is 0.466 e. The van der Waals surface area contributed by atoms with Gasteiger partial charge in [0.05, 0.1) is 24.5 Å². The third-order valence-electron chi connectivity index (χ3n) is 4.52. The maximum absolute atomic E-state index is 12.7. The number of fused-ring (bicyclic) bond motifs is 1. The predicted octanol–water partition coefficient (Wildman–Crippen LogP) is 1.14. The summed E-state index contributed by atoms with van der Waals surface area (Å²) in [6.07, 6.45) is 0.795. The number of anilines is 1. The van der Waals surface area contributed by atoms with E-state index < -0.39 is 11.2 Å². The molecule has 0 aliphatic carbocycles. The molecule has 3 aromatic rings. The number of hydrogen-bond acceptors (Lipinski definition) is 9. The summed E-state index contributed by atoms with van der Waals surface area (Å²) in [7, 11) is 2.99. The van der Waals surface area contributed by atoms with Gasteiger partial charge in [0.2, 0.25) is 5.91 Å². The van der Waals surface area contributed by atoms with E-state index in [-0.39, 0.29) is 29.7 Å². The Morgan fingerprint density at radius 1 is 1.19 bits per heavy atom. The smallest absolute Gasteiger partial charge is 0.332 e. The fourth-order valence-corrected chi connectivity index (χ4v) is 4.61. The molecule has 0 saturated carbocycles. The number of imidazole rings is 1. The van der Waals surface area contributed by atoms with E-state index in [1.54, 1.807) is 23.9 Å². The van der Waals surface area contributed by atoms with Crippen molar-refractivity contribution in [2.24, 2.45) is 14.1 Å². The molecule has 0 fully saturated rings. The lowest BCUT2D eigenvalue weighted by Gasteiger charge is -2.07. The number of carbonyl (C=O) groups is 2. The molecule has 11 nitrogen and oxygen atoms in total. The average molecular weight is 481 g/mol. The topological polar surface area (TPSA) is 130 Å². The van der Waals surface area contributed by atoms with E-state index in [1.807, 2.05) is 6.92 Å². The third kappa shape index (κ3) is 4.93. The van der Waals surface area contributed by atoms with Crippen molar-refractivity contribution in [2.75, 3.05) is 17.7 Å². The van der Waals surface area contributed by atoms with Gasteiger partial charge >= 0.3 is 11.7 Å². The minimum absolute atomic E-state index is 0.0358. The Hall–Kier alpha value is -2.93. The number of rotatable bonds is 9. The van der Waals surface area contributed by atoms with Crippen molar-refractivity contribution < 1.29 is 14.3 Å². The summed E-state index contributed by atoms with van der Waals surface area (Å²) in [5.74, 6) is -0.640. The summed E-state index contributed by atoms with van der Waals surface area (Å²) in [6.45, 7) is 4.52. The molecular formula is C19H24N6O5S2. The van der Waals surface area contributed by atoms with Crippen LogP contribution >= 0.6 is 23.1 Å². The highest BCUT2D eigenvalue weighted by molar-refractivity contribution is 7.99. The molecule has 0 aliphatic rings. The van der Waals surface area contributed by atoms with Gasteiger partial charge in [-0.25, -0.2) is 14.8 Å². The van der Waals surface area contributed by atoms with Crippen LogP contribution in [0.15, 0.2) is 20.1 Å². The van der Waals surface area contributed by atoms with E-state index in [2.05, 4.69) is 15.3 Å². The Labute approximate surface area is 191 Å². The standard InChI is InChI=1S/C19H24N6O5S2/c1-5-7-25-14-15(23(3)19(29)24(4)16(14)28)22-18(25)32-10-12(26)21-17-20-11(9-31-17)8-13(27)30-6-2/h9H,5-8,10H2,1-4H3,(H,20,21,26). The molecule has 0 atom stereocenters. The summed E-state index contributed by atoms with van der Waals surface area (Å²) in [6, 6.07) is 0. The van der Waals surface area contributed by atoms with Crippen LogP contribution in [0, 0.1) is 0 Å². The van der Waals surface area contributed by atoms with Gasteiger partial charge in [-0.05, 0) is 13.3 Å². The van der Waals surface area contributed by atoms with Gasteiger partial charge in [0.1, 0.15) is 0 Å². The number of aryl methyl sites for hydroxylation is 2. The number of nitrogens with zero attached hydrogens (tertiary/aromatic N) is 5. The first-order valence-electron chi connectivity index (χ1n) is 9.95. The Morgan fingerprint density at radius 3 is 2.62 bits per heavy atom. The quantitative estimate of drug-likeness (QED) is 0.356. The number of aromatic nitrogens is 5. The van der Waals surface area contributed by atoms with Crippen molar-refractivity contribution in [1.82, 2.24) is 23.7 Å². The second-order valence-corrected chi connectivity index (χ2v) is 8.69. The van der Waals surface area contributed by atoms with Gasteiger partial charge in [0, 0.05) is 26.0 Å². The van der Waals surface area contributed by atoms with Crippen LogP contribution in [0.2, 0.25) is 0 Å². The predicted molar refractivity (Wildman–Crippen MR) is 122 cm³/mol. The van der Waals surface area contributed by atoms with Gasteiger partial charge in [-0.15, -0.1) is 11.3 Å². The third-order valence-corrected chi connectivity index (χ3v) is 6.30. The number of esters is 1. The van der Waals surface area contributed by atoms with E-state index in [0.717, 1.165) is 11.0 Å². The summed E-state index contributed by atoms with van der Waals surface area (Å²) in [5.41, 5.74) is 0.274. The number of thiazole rings is 1. The first-order chi connectivity index (χ1) is 15.3. The van der Waals surface area contributed by atoms with Crippen LogP contribution < -0.4 is 16.6 Å². The van der Waals surface area contributed by atoms with Crippen molar-refractivity contribution in [3.63, 3.8) is 0 Å². The number of nitrogens with one attached hydrogen (secondary N) is 1. The van der Waals surface area contributed by atoms with Crippen molar-refractivity contribution in [3.05, 3.63) is 31.9 Å². The maximum atomic E-state index is 12.7. The van der Waals surface area contributed by atoms with Gasteiger partial charge in [-0.1, -0.05) is 18.7 Å². The lowest BCUT2D eigenvalue weighted by Crippen LogP contribution is -2.37. The first kappa shape index (κ1) is 23.7. The molecule has 0 saturated heterocycles. The summed E-state index contributed by atoms with van der Waals surface area (Å²) in [4.78, 5) is 57.6. The zero-order chi connectivity index (χ0) is 23.4. The highest BCUT2D eigenvalue weighted by Gasteiger charge is 2.20. The molecule has 1 N–H and O–H groups in total. The molecule has 0 unspecified atom stereocenters. The minimum atomic E-state index is -0.458. The summed E-state index contributed by atoms with van der Waals surface area (Å²) < 4.78 is 9.01. The van der Waals surface area contributed by atoms with Gasteiger partial charge in [-0.3, -0.25) is 23.5 Å². The zero-order valence-electron chi connectivity index (χ0n) is 18.2. The van der Waals surface area contributed by atoms with Crippen molar-refractivity contribution in [1.29, 1.82) is 0 Å². The lowest BCUT2D eigenvalue weighted by atomic mass is 10.3. The van der Waals surface area contributed by atoms with Crippen LogP contribution in [0.3, 0.4) is 0 Å². The normalized spacial score (nSPS) is 11.1. The lowest BCUT2D eigenvalue weighted by molar-refractivity contribution is -0.142. The highest BCUT2D eigenvalue weighted by Crippen LogP contribution is 2.23. The van der Waals surface area contributed by atoms with Crippen molar-refractivity contribution >= 4 is 51.3 Å². The number of amides is 1. The summed E-state index contributed by atoms with van der Waals surface area (Å²) >= 11 is 2.39. The van der Waals surface area contributed by atoms with Crippen LogP contribution in [0.25, 0.3) is 11.2 Å². The molecular weight excluding hydrogens is 456 g/mol. The van der Waals surface area contributed by atoms with E-state index >= 15 is 0 Å².